The second kappa shape index (κ2) is 7.57. The number of hydrogen-bond acceptors (Lipinski definition) is 2. The highest BCUT2D eigenvalue weighted by atomic mass is 35.5. The standard InChI is InChI=1S/C22H22ClN3O/c1-15-6-12-18(13-7-15)24-22(27)20-19-5-3-2-4-14-26(19)21(25-20)16-8-10-17(23)11-9-16/h6-13H,2-5,14H2,1H3,(H,24,27). The molecule has 4 nitrogen and oxygen atoms in total. The lowest BCUT2D eigenvalue weighted by Gasteiger charge is -2.09. The van der Waals surface area contributed by atoms with E-state index in [2.05, 4.69) is 9.88 Å². The monoisotopic (exact) mass is 379 g/mol. The third-order valence-corrected chi connectivity index (χ3v) is 5.25. The fraction of sp³-hybridized carbons (Fsp3) is 0.273. The third-order valence-electron chi connectivity index (χ3n) is 4.99. The molecule has 0 unspecified atom stereocenters. The summed E-state index contributed by atoms with van der Waals surface area (Å²) in [5, 5.41) is 3.69. The molecule has 3 aromatic rings. The molecule has 1 aliphatic heterocycles. The molecule has 0 bridgehead atoms. The van der Waals surface area contributed by atoms with Crippen molar-refractivity contribution in [2.45, 2.75) is 39.2 Å². The lowest BCUT2D eigenvalue weighted by molar-refractivity contribution is 0.102. The zero-order valence-corrected chi connectivity index (χ0v) is 16.1. The van der Waals surface area contributed by atoms with Crippen molar-refractivity contribution in [1.82, 2.24) is 9.55 Å². The van der Waals surface area contributed by atoms with Crippen LogP contribution in [-0.2, 0) is 13.0 Å². The highest BCUT2D eigenvalue weighted by Gasteiger charge is 2.24. The van der Waals surface area contributed by atoms with E-state index in [4.69, 9.17) is 16.6 Å². The van der Waals surface area contributed by atoms with Gasteiger partial charge in [0.1, 0.15) is 11.5 Å². The number of carbonyl (C=O) groups excluding carboxylic acids is 1. The molecule has 0 fully saturated rings. The van der Waals surface area contributed by atoms with Crippen LogP contribution >= 0.6 is 11.6 Å². The molecule has 2 heterocycles. The summed E-state index contributed by atoms with van der Waals surface area (Å²) in [4.78, 5) is 17.7. The second-order valence-corrected chi connectivity index (χ2v) is 7.46. The van der Waals surface area contributed by atoms with E-state index in [1.54, 1.807) is 0 Å². The van der Waals surface area contributed by atoms with Gasteiger partial charge in [-0.05, 0) is 62.6 Å². The first-order valence-corrected chi connectivity index (χ1v) is 9.73. The number of halogens is 1. The van der Waals surface area contributed by atoms with Crippen LogP contribution in [0.3, 0.4) is 0 Å². The van der Waals surface area contributed by atoms with Crippen molar-refractivity contribution in [3.8, 4) is 11.4 Å². The van der Waals surface area contributed by atoms with Crippen LogP contribution in [0, 0.1) is 6.92 Å². The van der Waals surface area contributed by atoms with Crippen molar-refractivity contribution in [1.29, 1.82) is 0 Å². The predicted octanol–water partition coefficient (Wildman–Crippen LogP) is 5.49. The Morgan fingerprint density at radius 2 is 1.78 bits per heavy atom. The second-order valence-electron chi connectivity index (χ2n) is 7.02. The highest BCUT2D eigenvalue weighted by Crippen LogP contribution is 2.28. The molecule has 0 saturated carbocycles. The summed E-state index contributed by atoms with van der Waals surface area (Å²) in [6.07, 6.45) is 4.22. The number of aryl methyl sites for hydroxylation is 1. The number of amides is 1. The van der Waals surface area contributed by atoms with Gasteiger partial charge in [0.2, 0.25) is 0 Å². The van der Waals surface area contributed by atoms with Gasteiger partial charge in [0, 0.05) is 22.8 Å². The van der Waals surface area contributed by atoms with Crippen LogP contribution in [0.2, 0.25) is 5.02 Å². The van der Waals surface area contributed by atoms with Crippen molar-refractivity contribution in [3.63, 3.8) is 0 Å². The summed E-state index contributed by atoms with van der Waals surface area (Å²) in [5.74, 6) is 0.697. The first-order valence-electron chi connectivity index (χ1n) is 9.35. The Labute approximate surface area is 164 Å². The summed E-state index contributed by atoms with van der Waals surface area (Å²) in [5.41, 5.74) is 4.49. The molecule has 0 radical (unpaired) electrons. The fourth-order valence-corrected chi connectivity index (χ4v) is 3.67. The first-order chi connectivity index (χ1) is 13.1. The van der Waals surface area contributed by atoms with Crippen molar-refractivity contribution in [2.24, 2.45) is 0 Å². The maximum absolute atomic E-state index is 13.0. The van der Waals surface area contributed by atoms with Crippen LogP contribution in [0.25, 0.3) is 11.4 Å². The average molecular weight is 380 g/mol. The first kappa shape index (κ1) is 17.8. The number of fused-ring (bicyclic) bond motifs is 1. The average Bonchev–Trinajstić information content (AvgIpc) is 2.86. The predicted molar refractivity (Wildman–Crippen MR) is 109 cm³/mol. The Hall–Kier alpha value is -2.59. The molecular weight excluding hydrogens is 358 g/mol. The molecule has 0 saturated heterocycles. The Bertz CT molecular complexity index is 958. The summed E-state index contributed by atoms with van der Waals surface area (Å²) in [6, 6.07) is 15.5. The quantitative estimate of drug-likeness (QED) is 0.654. The normalized spacial score (nSPS) is 13.7. The van der Waals surface area contributed by atoms with E-state index >= 15 is 0 Å². The van der Waals surface area contributed by atoms with E-state index in [0.29, 0.717) is 10.7 Å². The molecule has 1 aromatic heterocycles. The Morgan fingerprint density at radius 3 is 2.52 bits per heavy atom. The van der Waals surface area contributed by atoms with Crippen molar-refractivity contribution in [3.05, 3.63) is 70.5 Å². The molecular formula is C22H22ClN3O. The number of nitrogens with one attached hydrogen (secondary N) is 1. The molecule has 1 amide bonds. The van der Waals surface area contributed by atoms with Crippen molar-refractivity contribution in [2.75, 3.05) is 5.32 Å². The lowest BCUT2D eigenvalue weighted by atomic mass is 10.1. The van der Waals surface area contributed by atoms with Crippen LogP contribution in [0.1, 0.15) is 41.0 Å². The van der Waals surface area contributed by atoms with Gasteiger partial charge in [-0.15, -0.1) is 0 Å². The zero-order chi connectivity index (χ0) is 18.8. The third kappa shape index (κ3) is 3.76. The van der Waals surface area contributed by atoms with Gasteiger partial charge in [0.25, 0.3) is 5.91 Å². The number of hydrogen-bond donors (Lipinski definition) is 1. The van der Waals surface area contributed by atoms with Crippen molar-refractivity contribution >= 4 is 23.2 Å². The van der Waals surface area contributed by atoms with E-state index in [1.807, 2.05) is 55.5 Å². The molecule has 1 aliphatic rings. The van der Waals surface area contributed by atoms with Gasteiger partial charge in [0.15, 0.2) is 0 Å². The van der Waals surface area contributed by atoms with Crippen LogP contribution in [0.15, 0.2) is 48.5 Å². The van der Waals surface area contributed by atoms with Gasteiger partial charge in [-0.25, -0.2) is 4.98 Å². The minimum Gasteiger partial charge on any atom is -0.327 e. The minimum absolute atomic E-state index is 0.148. The molecule has 138 valence electrons. The van der Waals surface area contributed by atoms with Gasteiger partial charge in [0.05, 0.1) is 5.69 Å². The highest BCUT2D eigenvalue weighted by molar-refractivity contribution is 6.30. The molecule has 0 atom stereocenters. The summed E-state index contributed by atoms with van der Waals surface area (Å²) in [7, 11) is 0. The van der Waals surface area contributed by atoms with Crippen LogP contribution in [0.4, 0.5) is 5.69 Å². The number of rotatable bonds is 3. The van der Waals surface area contributed by atoms with E-state index in [1.165, 1.54) is 6.42 Å². The molecule has 5 heteroatoms. The number of benzene rings is 2. The fourth-order valence-electron chi connectivity index (χ4n) is 3.55. The van der Waals surface area contributed by atoms with Gasteiger partial charge in [-0.2, -0.15) is 0 Å². The van der Waals surface area contributed by atoms with Crippen LogP contribution in [0.5, 0.6) is 0 Å². The molecule has 2 aromatic carbocycles. The Balaban J connectivity index is 1.72. The summed E-state index contributed by atoms with van der Waals surface area (Å²) >= 11 is 6.03. The molecule has 0 aliphatic carbocycles. The Kier molecular flexibility index (Phi) is 4.99. The van der Waals surface area contributed by atoms with Gasteiger partial charge in [-0.3, -0.25) is 4.79 Å². The van der Waals surface area contributed by atoms with Gasteiger partial charge < -0.3 is 9.88 Å². The van der Waals surface area contributed by atoms with Gasteiger partial charge in [-0.1, -0.05) is 35.7 Å². The van der Waals surface area contributed by atoms with E-state index in [-0.39, 0.29) is 5.91 Å². The Morgan fingerprint density at radius 1 is 1.04 bits per heavy atom. The number of nitrogens with zero attached hydrogens (tertiary/aromatic N) is 2. The smallest absolute Gasteiger partial charge is 0.276 e. The molecule has 1 N–H and O–H groups in total. The van der Waals surface area contributed by atoms with Crippen LogP contribution in [-0.4, -0.2) is 15.5 Å². The van der Waals surface area contributed by atoms with Crippen LogP contribution < -0.4 is 5.32 Å². The zero-order valence-electron chi connectivity index (χ0n) is 15.3. The summed E-state index contributed by atoms with van der Waals surface area (Å²) in [6.45, 7) is 2.91. The van der Waals surface area contributed by atoms with E-state index in [0.717, 1.165) is 54.1 Å². The maximum atomic E-state index is 13.0. The number of anilines is 1. The molecule has 4 rings (SSSR count). The lowest BCUT2D eigenvalue weighted by Crippen LogP contribution is -2.15. The SMILES string of the molecule is Cc1ccc(NC(=O)c2nc(-c3ccc(Cl)cc3)n3c2CCCCC3)cc1. The minimum atomic E-state index is -0.148. The van der Waals surface area contributed by atoms with Crippen molar-refractivity contribution < 1.29 is 4.79 Å². The molecule has 0 spiro atoms. The largest absolute Gasteiger partial charge is 0.327 e. The van der Waals surface area contributed by atoms with E-state index in [9.17, 15) is 4.79 Å². The maximum Gasteiger partial charge on any atom is 0.276 e. The van der Waals surface area contributed by atoms with Gasteiger partial charge >= 0.3 is 0 Å². The number of imidazole rings is 1. The van der Waals surface area contributed by atoms with E-state index < -0.39 is 0 Å². The summed E-state index contributed by atoms with van der Waals surface area (Å²) < 4.78 is 2.21. The molecule has 27 heavy (non-hydrogen) atoms. The topological polar surface area (TPSA) is 46.9 Å². The number of carbonyl (C=O) groups is 1. The number of aromatic nitrogens is 2.